The number of ketones is 1. The summed E-state index contributed by atoms with van der Waals surface area (Å²) in [5, 5.41) is 0. The van der Waals surface area contributed by atoms with Crippen LogP contribution < -0.4 is 0 Å². The van der Waals surface area contributed by atoms with Crippen molar-refractivity contribution in [2.24, 2.45) is 0 Å². The highest BCUT2D eigenvalue weighted by Crippen LogP contribution is 2.26. The van der Waals surface area contributed by atoms with Crippen LogP contribution in [0.4, 0.5) is 4.79 Å². The average Bonchev–Trinajstić information content (AvgIpc) is 2.95. The van der Waals surface area contributed by atoms with E-state index in [1.165, 1.54) is 0 Å². The molecule has 0 radical (unpaired) electrons. The number of likely N-dealkylation sites (tertiary alicyclic amines) is 1. The highest BCUT2D eigenvalue weighted by atomic mass is 16.6. The van der Waals surface area contributed by atoms with Crippen LogP contribution in [0.5, 0.6) is 0 Å². The van der Waals surface area contributed by atoms with Crippen LogP contribution in [0, 0.1) is 11.8 Å². The van der Waals surface area contributed by atoms with Gasteiger partial charge in [-0.25, -0.2) is 4.79 Å². The van der Waals surface area contributed by atoms with Crippen molar-refractivity contribution in [2.75, 3.05) is 6.54 Å². The van der Waals surface area contributed by atoms with Crippen LogP contribution in [0.15, 0.2) is 30.3 Å². The van der Waals surface area contributed by atoms with Gasteiger partial charge in [0.2, 0.25) is 5.78 Å². The zero-order valence-electron chi connectivity index (χ0n) is 16.0. The Labute approximate surface area is 155 Å². The number of nitrogens with zero attached hydrogens (tertiary/aromatic N) is 1. The number of rotatable bonds is 5. The summed E-state index contributed by atoms with van der Waals surface area (Å²) in [7, 11) is 0. The van der Waals surface area contributed by atoms with E-state index in [0.29, 0.717) is 19.6 Å². The predicted octanol–water partition coefficient (Wildman–Crippen LogP) is 3.56. The highest BCUT2D eigenvalue weighted by molar-refractivity contribution is 5.96. The molecule has 1 aromatic rings. The van der Waals surface area contributed by atoms with Gasteiger partial charge in [-0.05, 0) is 45.6 Å². The molecule has 2 rings (SSSR count). The molecule has 5 heteroatoms. The molecule has 140 valence electrons. The summed E-state index contributed by atoms with van der Waals surface area (Å²) in [6.07, 6.45) is 0.259. The molecule has 0 unspecified atom stereocenters. The first-order valence-electron chi connectivity index (χ1n) is 8.89. The molecule has 0 N–H and O–H groups in total. The van der Waals surface area contributed by atoms with Crippen molar-refractivity contribution in [1.29, 1.82) is 0 Å². The van der Waals surface area contributed by atoms with Crippen molar-refractivity contribution in [1.82, 2.24) is 4.90 Å². The van der Waals surface area contributed by atoms with E-state index in [9.17, 15) is 9.59 Å². The minimum Gasteiger partial charge on any atom is -0.444 e. The molecule has 1 fully saturated rings. The van der Waals surface area contributed by atoms with Crippen LogP contribution in [0.2, 0.25) is 0 Å². The number of hydrogen-bond acceptors (Lipinski definition) is 4. The van der Waals surface area contributed by atoms with E-state index >= 15 is 0 Å². The summed E-state index contributed by atoms with van der Waals surface area (Å²) in [6.45, 7) is 8.00. The van der Waals surface area contributed by atoms with Gasteiger partial charge in [-0.15, -0.1) is 0 Å². The number of hydrogen-bond donors (Lipinski definition) is 0. The largest absolute Gasteiger partial charge is 0.444 e. The van der Waals surface area contributed by atoms with E-state index in [1.54, 1.807) is 11.8 Å². The fourth-order valence-electron chi connectivity index (χ4n) is 2.92. The second-order valence-corrected chi connectivity index (χ2v) is 7.44. The average molecular weight is 357 g/mol. The molecule has 1 amide bonds. The van der Waals surface area contributed by atoms with Gasteiger partial charge in [-0.3, -0.25) is 4.79 Å². The van der Waals surface area contributed by atoms with Gasteiger partial charge in [-0.1, -0.05) is 36.3 Å². The molecule has 5 nitrogen and oxygen atoms in total. The molecule has 26 heavy (non-hydrogen) atoms. The Balaban J connectivity index is 2.02. The molecule has 1 heterocycles. The van der Waals surface area contributed by atoms with Gasteiger partial charge < -0.3 is 14.4 Å². The molecule has 2 atom stereocenters. The van der Waals surface area contributed by atoms with Crippen LogP contribution in [0.3, 0.4) is 0 Å². The molecular weight excluding hydrogens is 330 g/mol. The quantitative estimate of drug-likeness (QED) is 0.597. The maximum atomic E-state index is 12.5. The molecule has 1 aliphatic heterocycles. The predicted molar refractivity (Wildman–Crippen MR) is 99.4 cm³/mol. The normalized spacial score (nSPS) is 19.6. The first-order valence-corrected chi connectivity index (χ1v) is 8.89. The molecule has 1 aliphatic rings. The zero-order valence-corrected chi connectivity index (χ0v) is 16.0. The lowest BCUT2D eigenvalue weighted by Gasteiger charge is -2.27. The molecular formula is C21H27NO4. The second kappa shape index (κ2) is 8.86. The number of amides is 1. The lowest BCUT2D eigenvalue weighted by atomic mass is 10.1. The summed E-state index contributed by atoms with van der Waals surface area (Å²) < 4.78 is 11.5. The Bertz CT molecular complexity index is 681. The highest BCUT2D eigenvalue weighted by Gasteiger charge is 2.38. The maximum Gasteiger partial charge on any atom is 0.410 e. The molecule has 1 aromatic carbocycles. The van der Waals surface area contributed by atoms with E-state index < -0.39 is 11.7 Å². The van der Waals surface area contributed by atoms with Crippen molar-refractivity contribution in [2.45, 2.75) is 64.9 Å². The minimum atomic E-state index is -0.585. The van der Waals surface area contributed by atoms with Gasteiger partial charge in [0.05, 0.1) is 19.3 Å². The molecule has 0 saturated carbocycles. The van der Waals surface area contributed by atoms with Crippen LogP contribution >= 0.6 is 0 Å². The van der Waals surface area contributed by atoms with Crippen molar-refractivity contribution in [3.63, 3.8) is 0 Å². The third-order valence-electron chi connectivity index (χ3n) is 4.02. The molecule has 0 aromatic heterocycles. The van der Waals surface area contributed by atoms with Crippen LogP contribution in [-0.2, 0) is 20.9 Å². The van der Waals surface area contributed by atoms with Gasteiger partial charge in [-0.2, -0.15) is 0 Å². The smallest absolute Gasteiger partial charge is 0.410 e. The molecule has 1 saturated heterocycles. The fraction of sp³-hybridized carbons (Fsp3) is 0.524. The molecule has 0 bridgehead atoms. The first kappa shape index (κ1) is 20.0. The Kier molecular flexibility index (Phi) is 6.82. The van der Waals surface area contributed by atoms with Crippen LogP contribution in [-0.4, -0.2) is 41.1 Å². The van der Waals surface area contributed by atoms with E-state index in [1.807, 2.05) is 51.1 Å². The van der Waals surface area contributed by atoms with Gasteiger partial charge >= 0.3 is 6.09 Å². The van der Waals surface area contributed by atoms with Crippen molar-refractivity contribution >= 4 is 11.9 Å². The third kappa shape index (κ3) is 6.20. The monoisotopic (exact) mass is 357 g/mol. The number of Topliss-reactive ketones (excluding diaryl/α,β-unsaturated/α-hetero) is 1. The minimum absolute atomic E-state index is 0.130. The standard InChI is InChI=1S/C21H27NO4/c1-5-9-18(23)12-17-13-19(25-15-16-10-7-6-8-11-16)14-22(17)20(24)26-21(2,3)4/h6-8,10-11,17,19H,12-15H2,1-4H3/t17-,19-/m1/s1. The fourth-order valence-corrected chi connectivity index (χ4v) is 2.92. The molecule has 0 aliphatic carbocycles. The van der Waals surface area contributed by atoms with E-state index in [2.05, 4.69) is 11.8 Å². The van der Waals surface area contributed by atoms with Gasteiger partial charge in [0.25, 0.3) is 0 Å². The third-order valence-corrected chi connectivity index (χ3v) is 4.02. The van der Waals surface area contributed by atoms with E-state index in [4.69, 9.17) is 9.47 Å². The summed E-state index contributed by atoms with van der Waals surface area (Å²) in [6, 6.07) is 9.63. The Morgan fingerprint density at radius 2 is 1.92 bits per heavy atom. The van der Waals surface area contributed by atoms with E-state index in [-0.39, 0.29) is 24.3 Å². The SMILES string of the molecule is CC#CC(=O)C[C@@H]1C[C@@H](OCc2ccccc2)CN1C(=O)OC(C)(C)C. The number of carbonyl (C=O) groups is 2. The summed E-state index contributed by atoms with van der Waals surface area (Å²) >= 11 is 0. The summed E-state index contributed by atoms with van der Waals surface area (Å²) in [5.41, 5.74) is 0.491. The van der Waals surface area contributed by atoms with Crippen molar-refractivity contribution in [3.8, 4) is 11.8 Å². The number of ether oxygens (including phenoxy) is 2. The van der Waals surface area contributed by atoms with Crippen molar-refractivity contribution < 1.29 is 19.1 Å². The van der Waals surface area contributed by atoms with Gasteiger partial charge in [0, 0.05) is 12.5 Å². The first-order chi connectivity index (χ1) is 12.3. The summed E-state index contributed by atoms with van der Waals surface area (Å²) in [4.78, 5) is 26.1. The Hall–Kier alpha value is -2.32. The topological polar surface area (TPSA) is 55.8 Å². The lowest BCUT2D eigenvalue weighted by Crippen LogP contribution is -2.41. The van der Waals surface area contributed by atoms with E-state index in [0.717, 1.165) is 5.56 Å². The lowest BCUT2D eigenvalue weighted by molar-refractivity contribution is -0.114. The van der Waals surface area contributed by atoms with Crippen molar-refractivity contribution in [3.05, 3.63) is 35.9 Å². The Morgan fingerprint density at radius 3 is 2.54 bits per heavy atom. The number of benzene rings is 1. The van der Waals surface area contributed by atoms with Crippen LogP contribution in [0.1, 0.15) is 46.1 Å². The van der Waals surface area contributed by atoms with Crippen LogP contribution in [0.25, 0.3) is 0 Å². The Morgan fingerprint density at radius 1 is 1.23 bits per heavy atom. The van der Waals surface area contributed by atoms with Gasteiger partial charge in [0.1, 0.15) is 5.60 Å². The molecule has 0 spiro atoms. The zero-order chi connectivity index (χ0) is 19.2. The second-order valence-electron chi connectivity index (χ2n) is 7.44. The number of carbonyl (C=O) groups excluding carboxylic acids is 2. The summed E-state index contributed by atoms with van der Waals surface area (Å²) in [5.74, 6) is 4.99. The maximum absolute atomic E-state index is 12.5. The van der Waals surface area contributed by atoms with Gasteiger partial charge in [0.15, 0.2) is 0 Å².